The van der Waals surface area contributed by atoms with E-state index in [1.54, 1.807) is 10.6 Å². The third-order valence-electron chi connectivity index (χ3n) is 2.67. The van der Waals surface area contributed by atoms with E-state index >= 15 is 0 Å². The van der Waals surface area contributed by atoms with Crippen LogP contribution in [-0.2, 0) is 12.4 Å². The highest BCUT2D eigenvalue weighted by Gasteiger charge is 2.03. The molecule has 0 aliphatic rings. The summed E-state index contributed by atoms with van der Waals surface area (Å²) in [5, 5.41) is 1.95. The molecule has 0 aliphatic heterocycles. The molecule has 0 saturated carbocycles. The van der Waals surface area contributed by atoms with Crippen molar-refractivity contribution in [1.82, 2.24) is 4.57 Å². The van der Waals surface area contributed by atoms with Crippen LogP contribution in [0.4, 0.5) is 0 Å². The maximum Gasteiger partial charge on any atom is 0.251 e. The van der Waals surface area contributed by atoms with E-state index in [0.29, 0.717) is 0 Å². The predicted molar refractivity (Wildman–Crippen MR) is 66.6 cm³/mol. The van der Waals surface area contributed by atoms with Crippen LogP contribution < -0.4 is 5.56 Å². The lowest BCUT2D eigenvalue weighted by Crippen LogP contribution is -2.16. The van der Waals surface area contributed by atoms with Gasteiger partial charge in [-0.3, -0.25) is 4.79 Å². The second kappa shape index (κ2) is 3.81. The molecule has 0 fully saturated rings. The summed E-state index contributed by atoms with van der Waals surface area (Å²) >= 11 is 3.42. The Morgan fingerprint density at radius 2 is 2.07 bits per heavy atom. The van der Waals surface area contributed by atoms with Crippen molar-refractivity contribution in [2.45, 2.75) is 12.3 Å². The summed E-state index contributed by atoms with van der Waals surface area (Å²) in [5.74, 6) is 0. The molecule has 78 valence electrons. The van der Waals surface area contributed by atoms with Crippen LogP contribution in [0.25, 0.3) is 10.9 Å². The number of halogens is 1. The van der Waals surface area contributed by atoms with Crippen LogP contribution in [0.2, 0.25) is 0 Å². The Labute approximate surface area is 96.7 Å². The van der Waals surface area contributed by atoms with Crippen LogP contribution >= 0.6 is 15.9 Å². The third kappa shape index (κ3) is 1.72. The molecule has 0 aliphatic carbocycles. The van der Waals surface area contributed by atoms with Gasteiger partial charge in [-0.25, -0.2) is 0 Å². The Kier molecular flexibility index (Phi) is 2.65. The van der Waals surface area contributed by atoms with Gasteiger partial charge in [-0.1, -0.05) is 28.1 Å². The van der Waals surface area contributed by atoms with Crippen LogP contribution in [0.5, 0.6) is 0 Å². The molecule has 0 N–H and O–H groups in total. The number of aromatic nitrogens is 1. The molecule has 2 nitrogen and oxygen atoms in total. The van der Waals surface area contributed by atoms with Crippen LogP contribution in [0.3, 0.4) is 0 Å². The summed E-state index contributed by atoms with van der Waals surface area (Å²) in [4.78, 5) is 11.6. The van der Waals surface area contributed by atoms with Gasteiger partial charge in [0.25, 0.3) is 5.56 Å². The first-order valence-corrected chi connectivity index (χ1v) is 5.91. The smallest absolute Gasteiger partial charge is 0.251 e. The number of hydrogen-bond acceptors (Lipinski definition) is 1. The van der Waals surface area contributed by atoms with Gasteiger partial charge in [-0.2, -0.15) is 0 Å². The minimum absolute atomic E-state index is 0.0479. The van der Waals surface area contributed by atoms with Crippen molar-refractivity contribution in [3.8, 4) is 0 Å². The molecule has 2 rings (SSSR count). The molecule has 0 bridgehead atoms. The highest BCUT2D eigenvalue weighted by Crippen LogP contribution is 2.18. The second-order valence-electron chi connectivity index (χ2n) is 3.71. The van der Waals surface area contributed by atoms with Gasteiger partial charge in [0.2, 0.25) is 0 Å². The molecule has 3 heteroatoms. The van der Waals surface area contributed by atoms with Gasteiger partial charge >= 0.3 is 0 Å². The number of aryl methyl sites for hydroxylation is 2. The van der Waals surface area contributed by atoms with Crippen molar-refractivity contribution >= 4 is 26.8 Å². The second-order valence-corrected chi connectivity index (χ2v) is 4.27. The molecule has 0 unspecified atom stereocenters. The fraction of sp³-hybridized carbons (Fsp3) is 0.250. The third-order valence-corrected chi connectivity index (χ3v) is 3.32. The van der Waals surface area contributed by atoms with Crippen LogP contribution in [0, 0.1) is 6.92 Å². The molecular weight excluding hydrogens is 254 g/mol. The molecule has 1 aromatic carbocycles. The van der Waals surface area contributed by atoms with E-state index in [9.17, 15) is 4.79 Å². The lowest BCUT2D eigenvalue weighted by molar-refractivity contribution is 0.902. The SMILES string of the molecule is Cc1cc(=O)n(C)c2cc(CBr)ccc12. The predicted octanol–water partition coefficient (Wildman–Crippen LogP) is 2.74. The minimum Gasteiger partial charge on any atom is -0.311 e. The molecule has 0 amide bonds. The lowest BCUT2D eigenvalue weighted by Gasteiger charge is -2.08. The van der Waals surface area contributed by atoms with Gasteiger partial charge < -0.3 is 4.57 Å². The molecule has 15 heavy (non-hydrogen) atoms. The van der Waals surface area contributed by atoms with E-state index in [1.165, 1.54) is 5.56 Å². The topological polar surface area (TPSA) is 22.0 Å². The van der Waals surface area contributed by atoms with E-state index in [4.69, 9.17) is 0 Å². The highest BCUT2D eigenvalue weighted by molar-refractivity contribution is 9.08. The summed E-state index contributed by atoms with van der Waals surface area (Å²) in [7, 11) is 1.81. The Bertz CT molecular complexity index is 572. The number of fused-ring (bicyclic) bond motifs is 1. The van der Waals surface area contributed by atoms with Crippen molar-refractivity contribution in [2.24, 2.45) is 7.05 Å². The van der Waals surface area contributed by atoms with Gasteiger partial charge in [-0.15, -0.1) is 0 Å². The zero-order chi connectivity index (χ0) is 11.0. The molecule has 2 aromatic rings. The van der Waals surface area contributed by atoms with Gasteiger partial charge in [0, 0.05) is 23.8 Å². The molecule has 0 radical (unpaired) electrons. The Hall–Kier alpha value is -1.09. The first kappa shape index (κ1) is 10.4. The molecule has 0 spiro atoms. The fourth-order valence-electron chi connectivity index (χ4n) is 1.75. The quantitative estimate of drug-likeness (QED) is 0.727. The Morgan fingerprint density at radius 1 is 1.33 bits per heavy atom. The normalized spacial score (nSPS) is 10.9. The van der Waals surface area contributed by atoms with Gasteiger partial charge in [0.15, 0.2) is 0 Å². The van der Waals surface area contributed by atoms with Crippen molar-refractivity contribution in [2.75, 3.05) is 0 Å². The maximum atomic E-state index is 11.6. The average Bonchev–Trinajstić information content (AvgIpc) is 2.25. The number of nitrogens with zero attached hydrogens (tertiary/aromatic N) is 1. The van der Waals surface area contributed by atoms with E-state index in [2.05, 4.69) is 34.1 Å². The van der Waals surface area contributed by atoms with Gasteiger partial charge in [-0.05, 0) is 24.1 Å². The van der Waals surface area contributed by atoms with Crippen molar-refractivity contribution < 1.29 is 0 Å². The lowest BCUT2D eigenvalue weighted by atomic mass is 10.1. The summed E-state index contributed by atoms with van der Waals surface area (Å²) in [6.45, 7) is 1.97. The standard InChI is InChI=1S/C12H12BrNO/c1-8-5-12(15)14(2)11-6-9(7-13)3-4-10(8)11/h3-6H,7H2,1-2H3. The van der Waals surface area contributed by atoms with E-state index in [0.717, 1.165) is 21.8 Å². The van der Waals surface area contributed by atoms with E-state index in [1.807, 2.05) is 14.0 Å². The number of alkyl halides is 1. The number of pyridine rings is 1. The van der Waals surface area contributed by atoms with Crippen molar-refractivity contribution in [3.05, 3.63) is 45.7 Å². The van der Waals surface area contributed by atoms with Gasteiger partial charge in [0.05, 0.1) is 5.52 Å². The molecule has 0 atom stereocenters. The fourth-order valence-corrected chi connectivity index (χ4v) is 2.10. The zero-order valence-electron chi connectivity index (χ0n) is 8.75. The monoisotopic (exact) mass is 265 g/mol. The van der Waals surface area contributed by atoms with Crippen LogP contribution in [0.1, 0.15) is 11.1 Å². The Balaban J connectivity index is 2.91. The number of rotatable bonds is 1. The molecule has 0 saturated heterocycles. The Morgan fingerprint density at radius 3 is 2.73 bits per heavy atom. The largest absolute Gasteiger partial charge is 0.311 e. The van der Waals surface area contributed by atoms with Crippen LogP contribution in [-0.4, -0.2) is 4.57 Å². The van der Waals surface area contributed by atoms with Crippen molar-refractivity contribution in [1.29, 1.82) is 0 Å². The first-order valence-electron chi connectivity index (χ1n) is 4.78. The van der Waals surface area contributed by atoms with Gasteiger partial charge in [0.1, 0.15) is 0 Å². The first-order chi connectivity index (χ1) is 7.13. The number of benzene rings is 1. The van der Waals surface area contributed by atoms with E-state index in [-0.39, 0.29) is 5.56 Å². The highest BCUT2D eigenvalue weighted by atomic mass is 79.9. The molecule has 1 heterocycles. The maximum absolute atomic E-state index is 11.6. The van der Waals surface area contributed by atoms with Crippen LogP contribution in [0.15, 0.2) is 29.1 Å². The summed E-state index contributed by atoms with van der Waals surface area (Å²) < 4.78 is 1.69. The number of hydrogen-bond donors (Lipinski definition) is 0. The zero-order valence-corrected chi connectivity index (χ0v) is 10.3. The summed E-state index contributed by atoms with van der Waals surface area (Å²) in [5.41, 5.74) is 3.26. The molecular formula is C12H12BrNO. The summed E-state index contributed by atoms with van der Waals surface area (Å²) in [6, 6.07) is 7.88. The average molecular weight is 266 g/mol. The minimum atomic E-state index is 0.0479. The van der Waals surface area contributed by atoms with E-state index < -0.39 is 0 Å². The summed E-state index contributed by atoms with van der Waals surface area (Å²) in [6.07, 6.45) is 0. The van der Waals surface area contributed by atoms with Crippen molar-refractivity contribution in [3.63, 3.8) is 0 Å². The molecule has 1 aromatic heterocycles.